The summed E-state index contributed by atoms with van der Waals surface area (Å²) in [7, 11) is 0. The fourth-order valence-corrected chi connectivity index (χ4v) is 3.60. The van der Waals surface area contributed by atoms with Crippen molar-refractivity contribution in [3.63, 3.8) is 0 Å². The molecule has 2 heterocycles. The van der Waals surface area contributed by atoms with Gasteiger partial charge in [0.15, 0.2) is 0 Å². The smallest absolute Gasteiger partial charge is 0.224 e. The number of hydrogen-bond acceptors (Lipinski definition) is 5. The number of aryl methyl sites for hydroxylation is 1. The molecule has 0 spiro atoms. The lowest BCUT2D eigenvalue weighted by atomic mass is 10.1. The van der Waals surface area contributed by atoms with Gasteiger partial charge in [0.05, 0.1) is 23.9 Å². The maximum atomic E-state index is 12.2. The standard InChI is InChI=1S/C19H16N4OS/c1-13-19(25-18(22-13)17-7-4-8-21-11-17)23(14(2)24)12-16-6-3-5-15(9-16)10-20/h3-9,11H,12H2,1-2H3. The molecule has 0 atom stereocenters. The minimum absolute atomic E-state index is 0.0631. The van der Waals surface area contributed by atoms with Crippen LogP contribution in [0.5, 0.6) is 0 Å². The number of carbonyl (C=O) groups excluding carboxylic acids is 1. The molecule has 0 bridgehead atoms. The molecule has 0 unspecified atom stereocenters. The summed E-state index contributed by atoms with van der Waals surface area (Å²) in [5.74, 6) is -0.0631. The monoisotopic (exact) mass is 348 g/mol. The summed E-state index contributed by atoms with van der Waals surface area (Å²) in [6, 6.07) is 13.2. The predicted octanol–water partition coefficient (Wildman–Crippen LogP) is 3.94. The van der Waals surface area contributed by atoms with Gasteiger partial charge >= 0.3 is 0 Å². The number of amides is 1. The molecule has 1 amide bonds. The average molecular weight is 348 g/mol. The Kier molecular flexibility index (Phi) is 4.87. The summed E-state index contributed by atoms with van der Waals surface area (Å²) >= 11 is 1.47. The van der Waals surface area contributed by atoms with Crippen LogP contribution >= 0.6 is 11.3 Å². The highest BCUT2D eigenvalue weighted by molar-refractivity contribution is 7.19. The molecule has 0 aliphatic carbocycles. The van der Waals surface area contributed by atoms with Crippen molar-refractivity contribution in [1.29, 1.82) is 5.26 Å². The zero-order valence-electron chi connectivity index (χ0n) is 13.9. The first-order valence-electron chi connectivity index (χ1n) is 7.73. The lowest BCUT2D eigenvalue weighted by molar-refractivity contribution is -0.116. The summed E-state index contributed by atoms with van der Waals surface area (Å²) in [6.07, 6.45) is 3.48. The number of rotatable bonds is 4. The summed E-state index contributed by atoms with van der Waals surface area (Å²) < 4.78 is 0. The molecule has 0 N–H and O–H groups in total. The molecular formula is C19H16N4OS. The number of benzene rings is 1. The largest absolute Gasteiger partial charge is 0.298 e. The SMILES string of the molecule is CC(=O)N(Cc1cccc(C#N)c1)c1sc(-c2cccnc2)nc1C. The molecule has 0 fully saturated rings. The minimum atomic E-state index is -0.0631. The van der Waals surface area contributed by atoms with Crippen LogP contribution < -0.4 is 4.90 Å². The van der Waals surface area contributed by atoms with E-state index in [0.717, 1.165) is 26.8 Å². The predicted molar refractivity (Wildman–Crippen MR) is 98.1 cm³/mol. The topological polar surface area (TPSA) is 69.9 Å². The molecule has 6 heteroatoms. The maximum Gasteiger partial charge on any atom is 0.224 e. The Labute approximate surface area is 150 Å². The van der Waals surface area contributed by atoms with Crippen molar-refractivity contribution in [2.24, 2.45) is 0 Å². The molecule has 2 aromatic heterocycles. The van der Waals surface area contributed by atoms with Crippen molar-refractivity contribution < 1.29 is 4.79 Å². The molecule has 0 radical (unpaired) electrons. The summed E-state index contributed by atoms with van der Waals surface area (Å²) in [4.78, 5) is 22.6. The van der Waals surface area contributed by atoms with Crippen LogP contribution in [0.1, 0.15) is 23.7 Å². The number of carbonyl (C=O) groups is 1. The van der Waals surface area contributed by atoms with Crippen molar-refractivity contribution in [3.05, 3.63) is 65.6 Å². The number of nitrogens with zero attached hydrogens (tertiary/aromatic N) is 4. The Bertz CT molecular complexity index is 944. The molecule has 0 aliphatic rings. The third-order valence-electron chi connectivity index (χ3n) is 3.70. The van der Waals surface area contributed by atoms with Gasteiger partial charge in [0.25, 0.3) is 0 Å². The van der Waals surface area contributed by atoms with Gasteiger partial charge < -0.3 is 0 Å². The van der Waals surface area contributed by atoms with Gasteiger partial charge in [-0.3, -0.25) is 14.7 Å². The fraction of sp³-hybridized carbons (Fsp3) is 0.158. The van der Waals surface area contributed by atoms with Gasteiger partial charge in [-0.15, -0.1) is 0 Å². The van der Waals surface area contributed by atoms with Crippen molar-refractivity contribution in [1.82, 2.24) is 9.97 Å². The van der Waals surface area contributed by atoms with Crippen LogP contribution in [0.15, 0.2) is 48.8 Å². The number of nitriles is 1. The number of pyridine rings is 1. The molecule has 0 saturated heterocycles. The molecule has 3 aromatic rings. The van der Waals surface area contributed by atoms with Gasteiger partial charge in [-0.1, -0.05) is 23.5 Å². The highest BCUT2D eigenvalue weighted by Gasteiger charge is 2.19. The van der Waals surface area contributed by atoms with Gasteiger partial charge in [-0.05, 0) is 36.8 Å². The van der Waals surface area contributed by atoms with Crippen LogP contribution in [0, 0.1) is 18.3 Å². The number of anilines is 1. The highest BCUT2D eigenvalue weighted by atomic mass is 32.1. The van der Waals surface area contributed by atoms with Gasteiger partial charge in [0, 0.05) is 24.9 Å². The van der Waals surface area contributed by atoms with E-state index >= 15 is 0 Å². The molecule has 1 aromatic carbocycles. The molecular weight excluding hydrogens is 332 g/mol. The van der Waals surface area contributed by atoms with Crippen LogP contribution in [0.2, 0.25) is 0 Å². The van der Waals surface area contributed by atoms with Crippen molar-refractivity contribution in [3.8, 4) is 16.6 Å². The Morgan fingerprint density at radius 2 is 2.16 bits per heavy atom. The van der Waals surface area contributed by atoms with E-state index in [1.54, 1.807) is 29.4 Å². The Hall–Kier alpha value is -3.04. The summed E-state index contributed by atoms with van der Waals surface area (Å²) in [5, 5.41) is 10.7. The van der Waals surface area contributed by atoms with Crippen LogP contribution in [0.3, 0.4) is 0 Å². The molecule has 0 aliphatic heterocycles. The van der Waals surface area contributed by atoms with E-state index in [0.29, 0.717) is 12.1 Å². The van der Waals surface area contributed by atoms with Gasteiger partial charge in [0.2, 0.25) is 5.91 Å². The highest BCUT2D eigenvalue weighted by Crippen LogP contribution is 2.35. The average Bonchev–Trinajstić information content (AvgIpc) is 3.02. The zero-order chi connectivity index (χ0) is 17.8. The molecule has 25 heavy (non-hydrogen) atoms. The fourth-order valence-electron chi connectivity index (χ4n) is 2.50. The molecule has 0 saturated carbocycles. The second-order valence-electron chi connectivity index (χ2n) is 5.57. The van der Waals surface area contributed by atoms with Gasteiger partial charge in [-0.25, -0.2) is 4.98 Å². The zero-order valence-corrected chi connectivity index (χ0v) is 14.7. The Morgan fingerprint density at radius 1 is 1.32 bits per heavy atom. The Morgan fingerprint density at radius 3 is 2.84 bits per heavy atom. The lowest BCUT2D eigenvalue weighted by Crippen LogP contribution is -2.27. The van der Waals surface area contributed by atoms with E-state index in [4.69, 9.17) is 5.26 Å². The van der Waals surface area contributed by atoms with E-state index in [1.165, 1.54) is 18.3 Å². The van der Waals surface area contributed by atoms with Gasteiger partial charge in [-0.2, -0.15) is 5.26 Å². The number of aromatic nitrogens is 2. The second kappa shape index (κ2) is 7.24. The molecule has 5 nitrogen and oxygen atoms in total. The van der Waals surface area contributed by atoms with Crippen molar-refractivity contribution in [2.75, 3.05) is 4.90 Å². The van der Waals surface area contributed by atoms with Crippen molar-refractivity contribution in [2.45, 2.75) is 20.4 Å². The van der Waals surface area contributed by atoms with E-state index < -0.39 is 0 Å². The van der Waals surface area contributed by atoms with E-state index in [9.17, 15) is 4.79 Å². The minimum Gasteiger partial charge on any atom is -0.298 e. The first kappa shape index (κ1) is 16.8. The van der Waals surface area contributed by atoms with Gasteiger partial charge in [0.1, 0.15) is 10.0 Å². The quantitative estimate of drug-likeness (QED) is 0.716. The Balaban J connectivity index is 1.95. The first-order chi connectivity index (χ1) is 12.1. The normalized spacial score (nSPS) is 10.3. The van der Waals surface area contributed by atoms with E-state index in [-0.39, 0.29) is 5.91 Å². The molecule has 124 valence electrons. The third kappa shape index (κ3) is 3.73. The van der Waals surface area contributed by atoms with Crippen LogP contribution in [-0.4, -0.2) is 15.9 Å². The van der Waals surface area contributed by atoms with E-state index in [2.05, 4.69) is 16.0 Å². The summed E-state index contributed by atoms with van der Waals surface area (Å²) in [5.41, 5.74) is 3.22. The maximum absolute atomic E-state index is 12.2. The number of thiazole rings is 1. The second-order valence-corrected chi connectivity index (χ2v) is 6.55. The number of hydrogen-bond donors (Lipinski definition) is 0. The lowest BCUT2D eigenvalue weighted by Gasteiger charge is -2.20. The third-order valence-corrected chi connectivity index (χ3v) is 4.93. The van der Waals surface area contributed by atoms with E-state index in [1.807, 2.05) is 31.2 Å². The molecule has 3 rings (SSSR count). The first-order valence-corrected chi connectivity index (χ1v) is 8.55. The van der Waals surface area contributed by atoms with Crippen LogP contribution in [0.25, 0.3) is 10.6 Å². The van der Waals surface area contributed by atoms with Crippen molar-refractivity contribution >= 4 is 22.2 Å². The summed E-state index contributed by atoms with van der Waals surface area (Å²) in [6.45, 7) is 3.84. The van der Waals surface area contributed by atoms with Crippen LogP contribution in [0.4, 0.5) is 5.00 Å². The van der Waals surface area contributed by atoms with Crippen LogP contribution in [-0.2, 0) is 11.3 Å².